The molecule has 0 bridgehead atoms. The number of carbonyl (C=O) groups is 5. The van der Waals surface area contributed by atoms with Crippen LogP contribution in [-0.2, 0) is 24.0 Å². The molecule has 0 aromatic heterocycles. The van der Waals surface area contributed by atoms with Gasteiger partial charge in [0, 0.05) is 32.7 Å². The third-order valence-corrected chi connectivity index (χ3v) is 3.73. The number of nitrogens with one attached hydrogen (secondary N) is 1. The van der Waals surface area contributed by atoms with Crippen molar-refractivity contribution in [3.05, 3.63) is 0 Å². The Balaban J connectivity index is 4.93. The summed E-state index contributed by atoms with van der Waals surface area (Å²) in [7, 11) is 0. The van der Waals surface area contributed by atoms with Crippen LogP contribution < -0.4 is 5.32 Å². The summed E-state index contributed by atoms with van der Waals surface area (Å²) in [4.78, 5) is 60.4. The second-order valence-corrected chi connectivity index (χ2v) is 6.53. The molecule has 1 amide bonds. The van der Waals surface area contributed by atoms with Crippen molar-refractivity contribution in [3.8, 4) is 0 Å². The Morgan fingerprint density at radius 1 is 0.655 bits per heavy atom. The molecule has 0 radical (unpaired) electrons. The zero-order chi connectivity index (χ0) is 22.4. The highest BCUT2D eigenvalue weighted by molar-refractivity contribution is 5.79. The van der Waals surface area contributed by atoms with E-state index in [0.717, 1.165) is 0 Å². The Hall–Kier alpha value is -2.57. The third-order valence-electron chi connectivity index (χ3n) is 3.73. The molecule has 0 saturated carbocycles. The van der Waals surface area contributed by atoms with Crippen LogP contribution in [0.25, 0.3) is 0 Å². The Morgan fingerprint density at radius 3 is 1.41 bits per heavy atom. The first-order valence-corrected chi connectivity index (χ1v) is 9.12. The van der Waals surface area contributed by atoms with Crippen LogP contribution in [0.2, 0.25) is 0 Å². The van der Waals surface area contributed by atoms with Gasteiger partial charge in [0.1, 0.15) is 5.78 Å². The minimum absolute atomic E-state index is 0.0739. The number of Topliss-reactive ketones (excluding diaryl/α,β-unsaturated/α-hetero) is 1. The van der Waals surface area contributed by atoms with Gasteiger partial charge in [-0.25, -0.2) is 0 Å². The lowest BCUT2D eigenvalue weighted by molar-refractivity contribution is -0.141. The number of hydrogen-bond acceptors (Lipinski definition) is 8. The van der Waals surface area contributed by atoms with Crippen LogP contribution in [0.15, 0.2) is 0 Å². The molecule has 166 valence electrons. The summed E-state index contributed by atoms with van der Waals surface area (Å²) in [6, 6.07) is 0. The molecular weight excluding hydrogens is 388 g/mol. The molecule has 0 unspecified atom stereocenters. The second kappa shape index (κ2) is 14.4. The molecule has 0 saturated heterocycles. The molecule has 0 aliphatic carbocycles. The first-order valence-electron chi connectivity index (χ1n) is 9.12. The molecule has 0 aromatic rings. The molecule has 12 nitrogen and oxygen atoms in total. The lowest BCUT2D eigenvalue weighted by atomic mass is 10.3. The van der Waals surface area contributed by atoms with Crippen molar-refractivity contribution in [1.29, 1.82) is 0 Å². The zero-order valence-corrected chi connectivity index (χ0v) is 16.8. The van der Waals surface area contributed by atoms with Crippen molar-refractivity contribution in [2.24, 2.45) is 0 Å². The summed E-state index contributed by atoms with van der Waals surface area (Å²) in [5.41, 5.74) is 0. The first kappa shape index (κ1) is 26.4. The van der Waals surface area contributed by atoms with E-state index in [0.29, 0.717) is 6.54 Å². The van der Waals surface area contributed by atoms with Crippen LogP contribution in [0.1, 0.15) is 13.8 Å². The van der Waals surface area contributed by atoms with E-state index in [1.165, 1.54) is 21.6 Å². The minimum atomic E-state index is -1.12. The second-order valence-electron chi connectivity index (χ2n) is 6.53. The van der Waals surface area contributed by atoms with E-state index < -0.39 is 17.9 Å². The van der Waals surface area contributed by atoms with Crippen LogP contribution in [0, 0.1) is 0 Å². The smallest absolute Gasteiger partial charge is 0.317 e. The number of ketones is 1. The standard InChI is InChI=1S/C17H30N4O8/c1-3-18-14(23)9-21(12-17(28)29)7-5-19(10-15(24)25)4-6-20(8-13(2)22)11-16(26)27/h3-12H2,1-2H3,(H,18,23)(H,24,25)(H,26,27)(H,28,29). The van der Waals surface area contributed by atoms with Crippen molar-refractivity contribution in [1.82, 2.24) is 20.0 Å². The van der Waals surface area contributed by atoms with Crippen LogP contribution in [0.3, 0.4) is 0 Å². The maximum Gasteiger partial charge on any atom is 0.317 e. The van der Waals surface area contributed by atoms with Crippen LogP contribution in [-0.4, -0.2) is 125 Å². The molecule has 0 spiro atoms. The predicted octanol–water partition coefficient (Wildman–Crippen LogP) is -2.13. The normalized spacial score (nSPS) is 11.1. The molecule has 4 N–H and O–H groups in total. The molecule has 0 fully saturated rings. The maximum absolute atomic E-state index is 11.7. The lowest BCUT2D eigenvalue weighted by Crippen LogP contribution is -2.46. The number of carbonyl (C=O) groups excluding carboxylic acids is 2. The van der Waals surface area contributed by atoms with Gasteiger partial charge < -0.3 is 20.6 Å². The number of carboxylic acids is 3. The number of amides is 1. The van der Waals surface area contributed by atoms with Crippen molar-refractivity contribution in [2.45, 2.75) is 13.8 Å². The third kappa shape index (κ3) is 15.1. The zero-order valence-electron chi connectivity index (χ0n) is 16.8. The number of rotatable bonds is 17. The Kier molecular flexibility index (Phi) is 13.2. The summed E-state index contributed by atoms with van der Waals surface area (Å²) < 4.78 is 0. The highest BCUT2D eigenvalue weighted by Gasteiger charge is 2.18. The maximum atomic E-state index is 11.7. The summed E-state index contributed by atoms with van der Waals surface area (Å²) in [5.74, 6) is -3.88. The van der Waals surface area contributed by atoms with Crippen molar-refractivity contribution in [3.63, 3.8) is 0 Å². The van der Waals surface area contributed by atoms with E-state index in [9.17, 15) is 24.0 Å². The number of nitrogens with zero attached hydrogens (tertiary/aromatic N) is 3. The van der Waals surface area contributed by atoms with Gasteiger partial charge in [-0.1, -0.05) is 0 Å². The van der Waals surface area contributed by atoms with Gasteiger partial charge in [-0.15, -0.1) is 0 Å². The summed E-state index contributed by atoms with van der Waals surface area (Å²) in [6.07, 6.45) is 0. The van der Waals surface area contributed by atoms with Gasteiger partial charge in [0.25, 0.3) is 0 Å². The quantitative estimate of drug-likeness (QED) is 0.204. The van der Waals surface area contributed by atoms with Crippen molar-refractivity contribution >= 4 is 29.6 Å². The average molecular weight is 418 g/mol. The predicted molar refractivity (Wildman–Crippen MR) is 102 cm³/mol. The van der Waals surface area contributed by atoms with Gasteiger partial charge in [-0.2, -0.15) is 0 Å². The van der Waals surface area contributed by atoms with Gasteiger partial charge >= 0.3 is 17.9 Å². The van der Waals surface area contributed by atoms with Gasteiger partial charge in [-0.3, -0.25) is 38.7 Å². The Labute approximate surface area is 169 Å². The van der Waals surface area contributed by atoms with E-state index in [1.54, 1.807) is 6.92 Å². The van der Waals surface area contributed by atoms with Crippen LogP contribution in [0.5, 0.6) is 0 Å². The van der Waals surface area contributed by atoms with Crippen LogP contribution >= 0.6 is 0 Å². The molecule has 0 aromatic carbocycles. The molecule has 29 heavy (non-hydrogen) atoms. The fourth-order valence-corrected chi connectivity index (χ4v) is 2.61. The first-order chi connectivity index (χ1) is 13.5. The lowest BCUT2D eigenvalue weighted by Gasteiger charge is -2.27. The molecule has 0 heterocycles. The van der Waals surface area contributed by atoms with Gasteiger partial charge in [0.05, 0.1) is 32.7 Å². The summed E-state index contributed by atoms with van der Waals surface area (Å²) in [6.45, 7) is 2.75. The molecule has 0 aliphatic rings. The summed E-state index contributed by atoms with van der Waals surface area (Å²) >= 11 is 0. The highest BCUT2D eigenvalue weighted by Crippen LogP contribution is 1.97. The highest BCUT2D eigenvalue weighted by atomic mass is 16.4. The monoisotopic (exact) mass is 418 g/mol. The van der Waals surface area contributed by atoms with Gasteiger partial charge in [-0.05, 0) is 13.8 Å². The average Bonchev–Trinajstić information content (AvgIpc) is 2.55. The minimum Gasteiger partial charge on any atom is -0.480 e. The van der Waals surface area contributed by atoms with E-state index in [-0.39, 0.29) is 70.6 Å². The largest absolute Gasteiger partial charge is 0.480 e. The van der Waals surface area contributed by atoms with Gasteiger partial charge in [0.2, 0.25) is 5.91 Å². The van der Waals surface area contributed by atoms with E-state index >= 15 is 0 Å². The SMILES string of the molecule is CCNC(=O)CN(CCN(CCN(CC(C)=O)CC(=O)O)CC(=O)O)CC(=O)O. The Bertz CT molecular complexity index is 568. The summed E-state index contributed by atoms with van der Waals surface area (Å²) in [5, 5.41) is 29.6. The van der Waals surface area contributed by atoms with Crippen molar-refractivity contribution in [2.75, 3.05) is 65.4 Å². The van der Waals surface area contributed by atoms with E-state index in [4.69, 9.17) is 15.3 Å². The van der Waals surface area contributed by atoms with Gasteiger partial charge in [0.15, 0.2) is 0 Å². The number of carboxylic acid groups (broad SMARTS) is 3. The molecule has 0 rings (SSSR count). The van der Waals surface area contributed by atoms with E-state index in [2.05, 4.69) is 5.32 Å². The van der Waals surface area contributed by atoms with Crippen LogP contribution in [0.4, 0.5) is 0 Å². The van der Waals surface area contributed by atoms with E-state index in [1.807, 2.05) is 0 Å². The molecule has 0 atom stereocenters. The molecule has 12 heteroatoms. The number of aliphatic carboxylic acids is 3. The molecular formula is C17H30N4O8. The Morgan fingerprint density at radius 2 is 1.03 bits per heavy atom. The fraction of sp³-hybridized carbons (Fsp3) is 0.706. The molecule has 0 aliphatic heterocycles. The van der Waals surface area contributed by atoms with Crippen molar-refractivity contribution < 1.29 is 39.3 Å². The number of likely N-dealkylation sites (N-methyl/N-ethyl adjacent to an activating group) is 1. The number of hydrogen-bond donors (Lipinski definition) is 4. The fourth-order valence-electron chi connectivity index (χ4n) is 2.61. The topological polar surface area (TPSA) is 168 Å².